The van der Waals surface area contributed by atoms with Crippen molar-refractivity contribution in [1.29, 1.82) is 0 Å². The number of sulfonamides is 1. The molecule has 0 saturated carbocycles. The molecule has 0 radical (unpaired) electrons. The molecule has 6 nitrogen and oxygen atoms in total. The third-order valence-electron chi connectivity index (χ3n) is 4.57. The highest BCUT2D eigenvalue weighted by Gasteiger charge is 2.28. The van der Waals surface area contributed by atoms with E-state index in [1.807, 2.05) is 28.9 Å². The van der Waals surface area contributed by atoms with Gasteiger partial charge in [0.25, 0.3) is 0 Å². The molecule has 1 aliphatic rings. The molecule has 4 rings (SSSR count). The first kappa shape index (κ1) is 17.5. The zero-order valence-corrected chi connectivity index (χ0v) is 15.7. The Morgan fingerprint density at radius 1 is 1.00 bits per heavy atom. The fraction of sp³-hybridized carbons (Fsp3) is 0.278. The van der Waals surface area contributed by atoms with Crippen molar-refractivity contribution in [2.75, 3.05) is 26.2 Å². The molecule has 0 bridgehead atoms. The first-order chi connectivity index (χ1) is 12.5. The molecule has 8 heteroatoms. The van der Waals surface area contributed by atoms with E-state index in [2.05, 4.69) is 16.1 Å². The van der Waals surface area contributed by atoms with Crippen molar-refractivity contribution in [3.63, 3.8) is 0 Å². The van der Waals surface area contributed by atoms with E-state index in [0.29, 0.717) is 37.7 Å². The van der Waals surface area contributed by atoms with Gasteiger partial charge in [-0.25, -0.2) is 12.9 Å². The smallest absolute Gasteiger partial charge is 0.243 e. The van der Waals surface area contributed by atoms with E-state index >= 15 is 0 Å². The second-order valence-electron chi connectivity index (χ2n) is 6.34. The average molecular weight is 391 g/mol. The SMILES string of the molecule is O=S(=O)(c1cccc(Cl)c1)N1CCN(Cc2cc3ccccn3n2)CC1. The molecular weight excluding hydrogens is 372 g/mol. The van der Waals surface area contributed by atoms with Crippen LogP contribution in [0.4, 0.5) is 0 Å². The van der Waals surface area contributed by atoms with Crippen molar-refractivity contribution >= 4 is 27.1 Å². The normalized spacial score (nSPS) is 17.0. The number of rotatable bonds is 4. The van der Waals surface area contributed by atoms with Gasteiger partial charge in [-0.3, -0.25) is 4.90 Å². The van der Waals surface area contributed by atoms with E-state index in [1.54, 1.807) is 18.2 Å². The number of hydrogen-bond donors (Lipinski definition) is 0. The van der Waals surface area contributed by atoms with Gasteiger partial charge >= 0.3 is 0 Å². The Kier molecular flexibility index (Phi) is 4.71. The summed E-state index contributed by atoms with van der Waals surface area (Å²) >= 11 is 5.94. The number of aromatic nitrogens is 2. The van der Waals surface area contributed by atoms with Crippen LogP contribution in [0.2, 0.25) is 5.02 Å². The first-order valence-electron chi connectivity index (χ1n) is 8.44. The van der Waals surface area contributed by atoms with Crippen molar-refractivity contribution in [3.05, 3.63) is 65.4 Å². The topological polar surface area (TPSA) is 57.9 Å². The Bertz CT molecular complexity index is 993. The van der Waals surface area contributed by atoms with Gasteiger partial charge in [0.1, 0.15) is 0 Å². The number of piperazine rings is 1. The van der Waals surface area contributed by atoms with Crippen LogP contribution in [0.5, 0.6) is 0 Å². The van der Waals surface area contributed by atoms with Gasteiger partial charge in [-0.2, -0.15) is 9.40 Å². The lowest BCUT2D eigenvalue weighted by Crippen LogP contribution is -2.48. The van der Waals surface area contributed by atoms with Gasteiger partial charge < -0.3 is 0 Å². The lowest BCUT2D eigenvalue weighted by atomic mass is 10.3. The van der Waals surface area contributed by atoms with Crippen molar-refractivity contribution in [1.82, 2.24) is 18.8 Å². The largest absolute Gasteiger partial charge is 0.295 e. The molecule has 0 N–H and O–H groups in total. The molecule has 1 aliphatic heterocycles. The summed E-state index contributed by atoms with van der Waals surface area (Å²) in [6, 6.07) is 14.4. The Morgan fingerprint density at radius 2 is 1.81 bits per heavy atom. The number of benzene rings is 1. The van der Waals surface area contributed by atoms with Gasteiger partial charge in [0.15, 0.2) is 0 Å². The molecule has 0 amide bonds. The predicted molar refractivity (Wildman–Crippen MR) is 101 cm³/mol. The number of hydrogen-bond acceptors (Lipinski definition) is 4. The van der Waals surface area contributed by atoms with Crippen LogP contribution in [0, 0.1) is 0 Å². The van der Waals surface area contributed by atoms with Crippen LogP contribution in [0.15, 0.2) is 59.6 Å². The quantitative estimate of drug-likeness (QED) is 0.686. The Labute approximate surface area is 157 Å². The number of nitrogens with zero attached hydrogens (tertiary/aromatic N) is 4. The standard InChI is InChI=1S/C18H19ClN4O2S/c19-15-4-3-6-18(12-15)26(24,25)22-10-8-21(9-11-22)14-16-13-17-5-1-2-7-23(17)20-16/h1-7,12-13H,8-11,14H2. The summed E-state index contributed by atoms with van der Waals surface area (Å²) in [5.74, 6) is 0. The van der Waals surface area contributed by atoms with Crippen molar-refractivity contribution < 1.29 is 8.42 Å². The highest BCUT2D eigenvalue weighted by Crippen LogP contribution is 2.21. The van der Waals surface area contributed by atoms with Crippen LogP contribution in [0.3, 0.4) is 0 Å². The van der Waals surface area contributed by atoms with Crippen molar-refractivity contribution in [2.45, 2.75) is 11.4 Å². The molecule has 1 aromatic carbocycles. The minimum absolute atomic E-state index is 0.249. The van der Waals surface area contributed by atoms with Crippen LogP contribution in [-0.2, 0) is 16.6 Å². The van der Waals surface area contributed by atoms with Gasteiger partial charge in [0.2, 0.25) is 10.0 Å². The van der Waals surface area contributed by atoms with Crippen LogP contribution in [0.25, 0.3) is 5.52 Å². The summed E-state index contributed by atoms with van der Waals surface area (Å²) in [6.07, 6.45) is 1.92. The third kappa shape index (κ3) is 3.48. The number of pyridine rings is 1. The summed E-state index contributed by atoms with van der Waals surface area (Å²) in [7, 11) is -3.50. The molecule has 0 spiro atoms. The molecule has 3 aromatic rings. The number of halogens is 1. The van der Waals surface area contributed by atoms with Gasteiger partial charge in [0, 0.05) is 43.9 Å². The maximum absolute atomic E-state index is 12.8. The van der Waals surface area contributed by atoms with Gasteiger partial charge in [0.05, 0.1) is 16.1 Å². The Morgan fingerprint density at radius 3 is 2.54 bits per heavy atom. The molecule has 0 atom stereocenters. The van der Waals surface area contributed by atoms with E-state index in [4.69, 9.17) is 11.6 Å². The molecule has 1 fully saturated rings. The van der Waals surface area contributed by atoms with E-state index in [-0.39, 0.29) is 4.90 Å². The number of fused-ring (bicyclic) bond motifs is 1. The Balaban J connectivity index is 1.42. The maximum Gasteiger partial charge on any atom is 0.243 e. The highest BCUT2D eigenvalue weighted by atomic mass is 35.5. The van der Waals surface area contributed by atoms with Crippen LogP contribution in [-0.4, -0.2) is 53.4 Å². The molecule has 2 aromatic heterocycles. The molecule has 26 heavy (non-hydrogen) atoms. The lowest BCUT2D eigenvalue weighted by molar-refractivity contribution is 0.180. The zero-order valence-electron chi connectivity index (χ0n) is 14.1. The minimum atomic E-state index is -3.50. The minimum Gasteiger partial charge on any atom is -0.295 e. The first-order valence-corrected chi connectivity index (χ1v) is 10.3. The molecule has 136 valence electrons. The summed E-state index contributed by atoms with van der Waals surface area (Å²) in [5.41, 5.74) is 2.05. The van der Waals surface area contributed by atoms with Crippen molar-refractivity contribution in [3.8, 4) is 0 Å². The van der Waals surface area contributed by atoms with E-state index < -0.39 is 10.0 Å². The van der Waals surface area contributed by atoms with Crippen LogP contribution in [0.1, 0.15) is 5.69 Å². The fourth-order valence-corrected chi connectivity index (χ4v) is 4.93. The van der Waals surface area contributed by atoms with Crippen LogP contribution < -0.4 is 0 Å². The third-order valence-corrected chi connectivity index (χ3v) is 6.70. The molecule has 3 heterocycles. The Hall–Kier alpha value is -1.93. The van der Waals surface area contributed by atoms with Gasteiger partial charge in [-0.15, -0.1) is 0 Å². The van der Waals surface area contributed by atoms with Crippen molar-refractivity contribution in [2.24, 2.45) is 0 Å². The fourth-order valence-electron chi connectivity index (χ4n) is 3.20. The van der Waals surface area contributed by atoms with Crippen LogP contribution >= 0.6 is 11.6 Å². The summed E-state index contributed by atoms with van der Waals surface area (Å²) < 4.78 is 28.9. The molecule has 0 unspecified atom stereocenters. The summed E-state index contributed by atoms with van der Waals surface area (Å²) in [5, 5.41) is 4.99. The lowest BCUT2D eigenvalue weighted by Gasteiger charge is -2.33. The van der Waals surface area contributed by atoms with E-state index in [1.165, 1.54) is 10.4 Å². The average Bonchev–Trinajstić information content (AvgIpc) is 3.04. The van der Waals surface area contributed by atoms with E-state index in [0.717, 1.165) is 11.2 Å². The van der Waals surface area contributed by atoms with Gasteiger partial charge in [-0.05, 0) is 36.4 Å². The molecular formula is C18H19ClN4O2S. The van der Waals surface area contributed by atoms with Gasteiger partial charge in [-0.1, -0.05) is 23.7 Å². The summed E-state index contributed by atoms with van der Waals surface area (Å²) in [4.78, 5) is 2.48. The molecule has 0 aliphatic carbocycles. The monoisotopic (exact) mass is 390 g/mol. The summed E-state index contributed by atoms with van der Waals surface area (Å²) in [6.45, 7) is 2.98. The highest BCUT2D eigenvalue weighted by molar-refractivity contribution is 7.89. The maximum atomic E-state index is 12.8. The predicted octanol–water partition coefficient (Wildman–Crippen LogP) is 2.49. The molecule has 1 saturated heterocycles. The zero-order chi connectivity index (χ0) is 18.1. The van der Waals surface area contributed by atoms with E-state index in [9.17, 15) is 8.42 Å². The second-order valence-corrected chi connectivity index (χ2v) is 8.72. The second kappa shape index (κ2) is 7.00.